The van der Waals surface area contributed by atoms with Crippen LogP contribution in [0.1, 0.15) is 18.4 Å². The molecule has 0 amide bonds. The number of hydrogen-bond donors (Lipinski definition) is 1. The maximum atomic E-state index is 13.0. The van der Waals surface area contributed by atoms with Gasteiger partial charge in [-0.25, -0.2) is 9.37 Å². The highest BCUT2D eigenvalue weighted by molar-refractivity contribution is 5.60. The summed E-state index contributed by atoms with van der Waals surface area (Å²) < 4.78 is 18.6. The molecule has 4 heteroatoms. The van der Waals surface area contributed by atoms with Crippen molar-refractivity contribution in [2.75, 3.05) is 6.54 Å². The SMILES string of the molecule is CCNCc1ncc(-c2ccc(F)cc2C)o1. The minimum absolute atomic E-state index is 0.237. The lowest BCUT2D eigenvalue weighted by Gasteiger charge is -2.01. The first-order chi connectivity index (χ1) is 8.20. The molecule has 0 unspecified atom stereocenters. The van der Waals surface area contributed by atoms with Crippen molar-refractivity contribution in [1.82, 2.24) is 10.3 Å². The highest BCUT2D eigenvalue weighted by Crippen LogP contribution is 2.24. The van der Waals surface area contributed by atoms with Gasteiger partial charge in [0.05, 0.1) is 12.7 Å². The summed E-state index contributed by atoms with van der Waals surface area (Å²) in [6, 6.07) is 4.62. The molecule has 0 aliphatic carbocycles. The molecule has 0 atom stereocenters. The normalized spacial score (nSPS) is 10.8. The average molecular weight is 234 g/mol. The van der Waals surface area contributed by atoms with Crippen LogP contribution >= 0.6 is 0 Å². The van der Waals surface area contributed by atoms with E-state index in [4.69, 9.17) is 4.42 Å². The first-order valence-electron chi connectivity index (χ1n) is 5.62. The van der Waals surface area contributed by atoms with E-state index in [0.717, 1.165) is 17.7 Å². The Morgan fingerprint density at radius 2 is 2.24 bits per heavy atom. The lowest BCUT2D eigenvalue weighted by atomic mass is 10.1. The molecule has 0 fully saturated rings. The zero-order valence-electron chi connectivity index (χ0n) is 9.96. The van der Waals surface area contributed by atoms with Crippen LogP contribution in [0.4, 0.5) is 4.39 Å². The van der Waals surface area contributed by atoms with Gasteiger partial charge in [0.15, 0.2) is 5.76 Å². The van der Waals surface area contributed by atoms with E-state index in [9.17, 15) is 4.39 Å². The first kappa shape index (κ1) is 11.8. The fourth-order valence-electron chi connectivity index (χ4n) is 1.65. The quantitative estimate of drug-likeness (QED) is 0.884. The van der Waals surface area contributed by atoms with Crippen molar-refractivity contribution in [3.05, 3.63) is 41.7 Å². The predicted molar refractivity (Wildman–Crippen MR) is 64.0 cm³/mol. The van der Waals surface area contributed by atoms with Gasteiger partial charge in [0.1, 0.15) is 5.82 Å². The first-order valence-corrected chi connectivity index (χ1v) is 5.62. The molecule has 0 aliphatic rings. The van der Waals surface area contributed by atoms with Crippen LogP contribution in [0.3, 0.4) is 0 Å². The van der Waals surface area contributed by atoms with E-state index in [1.54, 1.807) is 12.3 Å². The summed E-state index contributed by atoms with van der Waals surface area (Å²) in [7, 11) is 0. The summed E-state index contributed by atoms with van der Waals surface area (Å²) in [5, 5.41) is 3.14. The molecule has 0 aliphatic heterocycles. The molecule has 1 aromatic heterocycles. The van der Waals surface area contributed by atoms with Gasteiger partial charge in [0.25, 0.3) is 0 Å². The third kappa shape index (κ3) is 2.71. The molecule has 1 heterocycles. The van der Waals surface area contributed by atoms with Gasteiger partial charge >= 0.3 is 0 Å². The van der Waals surface area contributed by atoms with Crippen LogP contribution in [0.15, 0.2) is 28.8 Å². The molecule has 0 spiro atoms. The smallest absolute Gasteiger partial charge is 0.208 e. The Kier molecular flexibility index (Phi) is 3.54. The summed E-state index contributed by atoms with van der Waals surface area (Å²) in [5.74, 6) is 1.08. The molecule has 17 heavy (non-hydrogen) atoms. The van der Waals surface area contributed by atoms with E-state index < -0.39 is 0 Å². The van der Waals surface area contributed by atoms with E-state index in [-0.39, 0.29) is 5.82 Å². The van der Waals surface area contributed by atoms with Crippen molar-refractivity contribution < 1.29 is 8.81 Å². The van der Waals surface area contributed by atoms with Crippen molar-refractivity contribution in [2.45, 2.75) is 20.4 Å². The Morgan fingerprint density at radius 3 is 2.94 bits per heavy atom. The zero-order chi connectivity index (χ0) is 12.3. The highest BCUT2D eigenvalue weighted by Gasteiger charge is 2.09. The van der Waals surface area contributed by atoms with Gasteiger partial charge in [-0.05, 0) is 37.2 Å². The van der Waals surface area contributed by atoms with Gasteiger partial charge in [-0.2, -0.15) is 0 Å². The van der Waals surface area contributed by atoms with Crippen molar-refractivity contribution in [2.24, 2.45) is 0 Å². The largest absolute Gasteiger partial charge is 0.439 e. The van der Waals surface area contributed by atoms with Crippen LogP contribution in [0.25, 0.3) is 11.3 Å². The standard InChI is InChI=1S/C13H15FN2O/c1-3-15-8-13-16-7-12(17-13)11-5-4-10(14)6-9(11)2/h4-7,15H,3,8H2,1-2H3. The van der Waals surface area contributed by atoms with Crippen LogP contribution < -0.4 is 5.32 Å². The number of halogens is 1. The van der Waals surface area contributed by atoms with Crippen LogP contribution in [0.2, 0.25) is 0 Å². The van der Waals surface area contributed by atoms with Gasteiger partial charge < -0.3 is 9.73 Å². The molecule has 90 valence electrons. The molecule has 1 N–H and O–H groups in total. The predicted octanol–water partition coefficient (Wildman–Crippen LogP) is 2.90. The number of nitrogens with zero attached hydrogens (tertiary/aromatic N) is 1. The Hall–Kier alpha value is -1.68. The summed E-state index contributed by atoms with van der Waals surface area (Å²) in [5.41, 5.74) is 1.72. The maximum absolute atomic E-state index is 13.0. The van der Waals surface area contributed by atoms with E-state index in [0.29, 0.717) is 18.2 Å². The highest BCUT2D eigenvalue weighted by atomic mass is 19.1. The van der Waals surface area contributed by atoms with Crippen molar-refractivity contribution in [1.29, 1.82) is 0 Å². The van der Waals surface area contributed by atoms with Crippen LogP contribution in [-0.4, -0.2) is 11.5 Å². The fraction of sp³-hybridized carbons (Fsp3) is 0.308. The number of oxazole rings is 1. The second kappa shape index (κ2) is 5.10. The summed E-state index contributed by atoms with van der Waals surface area (Å²) in [6.45, 7) is 5.35. The molecule has 0 saturated heterocycles. The molecule has 3 nitrogen and oxygen atoms in total. The lowest BCUT2D eigenvalue weighted by Crippen LogP contribution is -2.11. The number of aryl methyl sites for hydroxylation is 1. The minimum atomic E-state index is -0.237. The number of nitrogens with one attached hydrogen (secondary N) is 1. The summed E-state index contributed by atoms with van der Waals surface area (Å²) in [4.78, 5) is 4.17. The van der Waals surface area contributed by atoms with Gasteiger partial charge in [-0.15, -0.1) is 0 Å². The van der Waals surface area contributed by atoms with E-state index >= 15 is 0 Å². The van der Waals surface area contributed by atoms with Gasteiger partial charge in [-0.3, -0.25) is 0 Å². The molecule has 0 bridgehead atoms. The summed E-state index contributed by atoms with van der Waals surface area (Å²) in [6.07, 6.45) is 1.67. The zero-order valence-corrected chi connectivity index (χ0v) is 9.96. The number of benzene rings is 1. The van der Waals surface area contributed by atoms with Crippen molar-refractivity contribution >= 4 is 0 Å². The Morgan fingerprint density at radius 1 is 1.41 bits per heavy atom. The second-order valence-electron chi connectivity index (χ2n) is 3.86. The lowest BCUT2D eigenvalue weighted by molar-refractivity contribution is 0.482. The Labute approximate surface area is 99.7 Å². The molecule has 0 radical (unpaired) electrons. The van der Waals surface area contributed by atoms with Crippen LogP contribution in [0.5, 0.6) is 0 Å². The van der Waals surface area contributed by atoms with E-state index in [1.807, 2.05) is 13.8 Å². The monoisotopic (exact) mass is 234 g/mol. The van der Waals surface area contributed by atoms with Gasteiger partial charge in [-0.1, -0.05) is 6.92 Å². The number of hydrogen-bond acceptors (Lipinski definition) is 3. The number of aromatic nitrogens is 1. The molecular formula is C13H15FN2O. The second-order valence-corrected chi connectivity index (χ2v) is 3.86. The Balaban J connectivity index is 2.24. The maximum Gasteiger partial charge on any atom is 0.208 e. The molecule has 1 aromatic carbocycles. The van der Waals surface area contributed by atoms with Crippen molar-refractivity contribution in [3.8, 4) is 11.3 Å². The molecule has 0 saturated carbocycles. The number of rotatable bonds is 4. The van der Waals surface area contributed by atoms with Gasteiger partial charge in [0, 0.05) is 5.56 Å². The van der Waals surface area contributed by atoms with Crippen LogP contribution in [0, 0.1) is 12.7 Å². The average Bonchev–Trinajstić information content (AvgIpc) is 2.75. The molecule has 2 rings (SSSR count). The Bertz CT molecular complexity index is 508. The van der Waals surface area contributed by atoms with E-state index in [1.165, 1.54) is 12.1 Å². The van der Waals surface area contributed by atoms with Gasteiger partial charge in [0.2, 0.25) is 5.89 Å². The summed E-state index contributed by atoms with van der Waals surface area (Å²) >= 11 is 0. The minimum Gasteiger partial charge on any atom is -0.439 e. The third-order valence-corrected chi connectivity index (χ3v) is 2.53. The molecule has 2 aromatic rings. The van der Waals surface area contributed by atoms with E-state index in [2.05, 4.69) is 10.3 Å². The van der Waals surface area contributed by atoms with Crippen LogP contribution in [-0.2, 0) is 6.54 Å². The van der Waals surface area contributed by atoms with Crippen molar-refractivity contribution in [3.63, 3.8) is 0 Å². The molecular weight excluding hydrogens is 219 g/mol. The topological polar surface area (TPSA) is 38.1 Å². The fourth-order valence-corrected chi connectivity index (χ4v) is 1.65. The third-order valence-electron chi connectivity index (χ3n) is 2.53.